The van der Waals surface area contributed by atoms with Crippen molar-refractivity contribution in [1.29, 1.82) is 0 Å². The fraction of sp³-hybridized carbons (Fsp3) is 0.667. The van der Waals surface area contributed by atoms with Gasteiger partial charge >= 0.3 is 0 Å². The highest BCUT2D eigenvalue weighted by molar-refractivity contribution is 6.35. The first-order valence-electron chi connectivity index (χ1n) is 8.28. The van der Waals surface area contributed by atoms with Crippen molar-refractivity contribution in [3.05, 3.63) is 33.8 Å². The topological polar surface area (TPSA) is 12.0 Å². The molecular weight excluding hydrogens is 301 g/mol. The molecule has 1 aromatic rings. The summed E-state index contributed by atoms with van der Waals surface area (Å²) >= 11 is 12.3. The number of nitrogens with one attached hydrogen (secondary N) is 1. The van der Waals surface area contributed by atoms with Crippen LogP contribution in [0.5, 0.6) is 0 Å². The number of hydrogen-bond acceptors (Lipinski definition) is 1. The van der Waals surface area contributed by atoms with Crippen LogP contribution in [0.2, 0.25) is 10.0 Å². The van der Waals surface area contributed by atoms with E-state index in [-0.39, 0.29) is 0 Å². The zero-order valence-electron chi connectivity index (χ0n) is 13.2. The molecule has 3 heteroatoms. The monoisotopic (exact) mass is 327 g/mol. The lowest BCUT2D eigenvalue weighted by Crippen LogP contribution is -2.25. The number of halogens is 2. The van der Waals surface area contributed by atoms with Crippen molar-refractivity contribution in [2.24, 2.45) is 11.8 Å². The molecule has 0 aliphatic heterocycles. The molecule has 0 spiro atoms. The summed E-state index contributed by atoms with van der Waals surface area (Å²) in [6.45, 7) is 5.66. The van der Waals surface area contributed by atoms with E-state index in [1.165, 1.54) is 37.7 Å². The second-order valence-electron chi connectivity index (χ2n) is 6.50. The molecule has 1 unspecified atom stereocenters. The molecule has 0 amide bonds. The van der Waals surface area contributed by atoms with Gasteiger partial charge in [-0.3, -0.25) is 0 Å². The largest absolute Gasteiger partial charge is 0.310 e. The summed E-state index contributed by atoms with van der Waals surface area (Å²) in [5.41, 5.74) is 1.17. The fourth-order valence-corrected chi connectivity index (χ4v) is 3.88. The molecule has 1 N–H and O–H groups in total. The Balaban J connectivity index is 1.82. The van der Waals surface area contributed by atoms with E-state index < -0.39 is 0 Å². The lowest BCUT2D eigenvalue weighted by molar-refractivity contribution is 0.272. The van der Waals surface area contributed by atoms with Crippen LogP contribution in [-0.2, 0) is 0 Å². The first-order valence-corrected chi connectivity index (χ1v) is 9.04. The van der Waals surface area contributed by atoms with Gasteiger partial charge in [0.15, 0.2) is 0 Å². The van der Waals surface area contributed by atoms with Crippen molar-refractivity contribution < 1.29 is 0 Å². The highest BCUT2D eigenvalue weighted by Gasteiger charge is 2.18. The molecule has 1 atom stereocenters. The van der Waals surface area contributed by atoms with Gasteiger partial charge in [-0.05, 0) is 48.9 Å². The van der Waals surface area contributed by atoms with Gasteiger partial charge in [0.25, 0.3) is 0 Å². The maximum Gasteiger partial charge on any atom is 0.0468 e. The van der Waals surface area contributed by atoms with Crippen LogP contribution in [0, 0.1) is 11.8 Å². The van der Waals surface area contributed by atoms with Crippen LogP contribution in [0.1, 0.15) is 64.0 Å². The zero-order chi connectivity index (χ0) is 15.2. The van der Waals surface area contributed by atoms with Crippen molar-refractivity contribution in [2.45, 2.75) is 58.4 Å². The molecule has 118 valence electrons. The Hall–Kier alpha value is -0.240. The average molecular weight is 328 g/mol. The number of hydrogen-bond donors (Lipinski definition) is 1. The molecule has 0 bridgehead atoms. The van der Waals surface area contributed by atoms with E-state index >= 15 is 0 Å². The minimum absolute atomic E-state index is 0.331. The van der Waals surface area contributed by atoms with E-state index in [0.717, 1.165) is 29.8 Å². The Kier molecular flexibility index (Phi) is 6.85. The van der Waals surface area contributed by atoms with Crippen molar-refractivity contribution in [1.82, 2.24) is 5.32 Å². The van der Waals surface area contributed by atoms with E-state index in [1.54, 1.807) is 0 Å². The number of benzene rings is 1. The van der Waals surface area contributed by atoms with E-state index in [0.29, 0.717) is 11.1 Å². The minimum atomic E-state index is 0.331. The second kappa shape index (κ2) is 8.41. The predicted octanol–water partition coefficient (Wildman–Crippen LogP) is 6.25. The van der Waals surface area contributed by atoms with Crippen LogP contribution in [0.25, 0.3) is 0 Å². The summed E-state index contributed by atoms with van der Waals surface area (Å²) in [4.78, 5) is 0. The summed E-state index contributed by atoms with van der Waals surface area (Å²) in [7, 11) is 0. The van der Waals surface area contributed by atoms with Crippen LogP contribution in [0.15, 0.2) is 18.2 Å². The standard InChI is InChI=1S/C18H27Cl2N/c1-3-18(16-9-8-15(19)12-17(16)20)21-11-10-14-6-4-13(2)5-7-14/h8-9,12-14,18,21H,3-7,10-11H2,1-2H3. The summed E-state index contributed by atoms with van der Waals surface area (Å²) in [5, 5.41) is 5.15. The average Bonchev–Trinajstić information content (AvgIpc) is 2.46. The summed E-state index contributed by atoms with van der Waals surface area (Å²) in [6.07, 6.45) is 7.95. The predicted molar refractivity (Wildman–Crippen MR) is 93.2 cm³/mol. The molecule has 0 heterocycles. The van der Waals surface area contributed by atoms with Gasteiger partial charge in [-0.15, -0.1) is 0 Å². The zero-order valence-corrected chi connectivity index (χ0v) is 14.7. The van der Waals surface area contributed by atoms with E-state index in [2.05, 4.69) is 19.2 Å². The smallest absolute Gasteiger partial charge is 0.0468 e. The molecule has 0 saturated heterocycles. The lowest BCUT2D eigenvalue weighted by Gasteiger charge is -2.27. The van der Waals surface area contributed by atoms with Crippen LogP contribution in [0.3, 0.4) is 0 Å². The molecule has 1 saturated carbocycles. The normalized spacial score (nSPS) is 24.0. The van der Waals surface area contributed by atoms with Crippen molar-refractivity contribution in [3.63, 3.8) is 0 Å². The van der Waals surface area contributed by atoms with Crippen molar-refractivity contribution in [2.75, 3.05) is 6.54 Å². The Morgan fingerprint density at radius 3 is 2.52 bits per heavy atom. The molecule has 1 nitrogen and oxygen atoms in total. The SMILES string of the molecule is CCC(NCCC1CCC(C)CC1)c1ccc(Cl)cc1Cl. The molecule has 2 rings (SSSR count). The quantitative estimate of drug-likeness (QED) is 0.651. The van der Waals surface area contributed by atoms with Gasteiger partial charge in [-0.1, -0.05) is 68.8 Å². The number of rotatable bonds is 6. The van der Waals surface area contributed by atoms with Gasteiger partial charge in [0.2, 0.25) is 0 Å². The van der Waals surface area contributed by atoms with Crippen molar-refractivity contribution >= 4 is 23.2 Å². The van der Waals surface area contributed by atoms with E-state index in [9.17, 15) is 0 Å². The van der Waals surface area contributed by atoms with Crippen molar-refractivity contribution in [3.8, 4) is 0 Å². The van der Waals surface area contributed by atoms with Gasteiger partial charge in [0.05, 0.1) is 0 Å². The van der Waals surface area contributed by atoms with Gasteiger partial charge in [-0.2, -0.15) is 0 Å². The Morgan fingerprint density at radius 1 is 1.19 bits per heavy atom. The Bertz CT molecular complexity index is 439. The second-order valence-corrected chi connectivity index (χ2v) is 7.34. The first kappa shape index (κ1) is 17.1. The van der Waals surface area contributed by atoms with Crippen LogP contribution in [0.4, 0.5) is 0 Å². The Labute approximate surface area is 139 Å². The highest BCUT2D eigenvalue weighted by atomic mass is 35.5. The summed E-state index contributed by atoms with van der Waals surface area (Å²) in [6, 6.07) is 6.15. The fourth-order valence-electron chi connectivity index (χ4n) is 3.34. The molecule has 0 aromatic heterocycles. The van der Waals surface area contributed by atoms with E-state index in [4.69, 9.17) is 23.2 Å². The molecular formula is C18H27Cl2N. The van der Waals surface area contributed by atoms with Gasteiger partial charge < -0.3 is 5.32 Å². The molecule has 21 heavy (non-hydrogen) atoms. The molecule has 0 radical (unpaired) electrons. The minimum Gasteiger partial charge on any atom is -0.310 e. The third kappa shape index (κ3) is 5.16. The maximum absolute atomic E-state index is 6.32. The van der Waals surface area contributed by atoms with Crippen LogP contribution in [-0.4, -0.2) is 6.54 Å². The first-order chi connectivity index (χ1) is 10.1. The van der Waals surface area contributed by atoms with Gasteiger partial charge in [0.1, 0.15) is 0 Å². The lowest BCUT2D eigenvalue weighted by atomic mass is 9.81. The van der Waals surface area contributed by atoms with Crippen LogP contribution >= 0.6 is 23.2 Å². The third-order valence-electron chi connectivity index (χ3n) is 4.82. The molecule has 1 aromatic carbocycles. The van der Waals surface area contributed by atoms with E-state index in [1.807, 2.05) is 18.2 Å². The summed E-state index contributed by atoms with van der Waals surface area (Å²) in [5.74, 6) is 1.84. The molecule has 1 fully saturated rings. The molecule has 1 aliphatic carbocycles. The van der Waals surface area contributed by atoms with Gasteiger partial charge in [-0.25, -0.2) is 0 Å². The van der Waals surface area contributed by atoms with Crippen LogP contribution < -0.4 is 5.32 Å². The highest BCUT2D eigenvalue weighted by Crippen LogP contribution is 2.31. The van der Waals surface area contributed by atoms with Gasteiger partial charge in [0, 0.05) is 16.1 Å². The maximum atomic E-state index is 6.32. The molecule has 1 aliphatic rings. The third-order valence-corrected chi connectivity index (χ3v) is 5.39. The Morgan fingerprint density at radius 2 is 1.90 bits per heavy atom. The summed E-state index contributed by atoms with van der Waals surface area (Å²) < 4.78 is 0.